The number of benzene rings is 1. The van der Waals surface area contributed by atoms with Gasteiger partial charge in [-0.2, -0.15) is 5.10 Å². The summed E-state index contributed by atoms with van der Waals surface area (Å²) in [6.45, 7) is 0. The third kappa shape index (κ3) is 1.29. The molecule has 0 aliphatic rings. The average molecular weight is 195 g/mol. The predicted molar refractivity (Wildman–Crippen MR) is 59.3 cm³/mol. The molecule has 0 saturated heterocycles. The number of H-pyrrole nitrogens is 1. The van der Waals surface area contributed by atoms with Crippen molar-refractivity contribution < 1.29 is 0 Å². The first kappa shape index (κ1) is 8.17. The van der Waals surface area contributed by atoms with Crippen LogP contribution in [0.4, 0.5) is 0 Å². The van der Waals surface area contributed by atoms with Crippen molar-refractivity contribution in [2.24, 2.45) is 0 Å². The Hall–Kier alpha value is -2.16. The first-order valence-electron chi connectivity index (χ1n) is 4.78. The summed E-state index contributed by atoms with van der Waals surface area (Å²) in [6.07, 6.45) is 5.52. The summed E-state index contributed by atoms with van der Waals surface area (Å²) in [5, 5.41) is 7.94. The van der Waals surface area contributed by atoms with E-state index in [2.05, 4.69) is 27.3 Å². The Morgan fingerprint density at radius 2 is 2.07 bits per heavy atom. The lowest BCUT2D eigenvalue weighted by Crippen LogP contribution is -1.81. The normalized spacial score (nSPS) is 10.7. The maximum atomic E-state index is 4.32. The van der Waals surface area contributed by atoms with Crippen molar-refractivity contribution in [3.8, 4) is 11.1 Å². The van der Waals surface area contributed by atoms with Crippen LogP contribution in [0.1, 0.15) is 0 Å². The molecule has 0 amide bonds. The molecule has 72 valence electrons. The molecule has 3 nitrogen and oxygen atoms in total. The van der Waals surface area contributed by atoms with Gasteiger partial charge in [0.15, 0.2) is 0 Å². The van der Waals surface area contributed by atoms with Crippen molar-refractivity contribution in [3.05, 3.63) is 48.9 Å². The van der Waals surface area contributed by atoms with Gasteiger partial charge in [0.25, 0.3) is 0 Å². The van der Waals surface area contributed by atoms with Crippen molar-refractivity contribution in [1.29, 1.82) is 0 Å². The minimum absolute atomic E-state index is 1.01. The molecule has 2 aromatic heterocycles. The second-order valence-electron chi connectivity index (χ2n) is 3.36. The molecule has 0 spiro atoms. The van der Waals surface area contributed by atoms with Crippen LogP contribution < -0.4 is 0 Å². The van der Waals surface area contributed by atoms with E-state index in [4.69, 9.17) is 0 Å². The fourth-order valence-electron chi connectivity index (χ4n) is 1.75. The maximum Gasteiger partial charge on any atom is 0.0708 e. The molecule has 0 unspecified atom stereocenters. The number of pyridine rings is 1. The summed E-state index contributed by atoms with van der Waals surface area (Å²) in [4.78, 5) is 4.32. The lowest BCUT2D eigenvalue weighted by molar-refractivity contribution is 1.09. The van der Waals surface area contributed by atoms with Gasteiger partial charge in [0, 0.05) is 23.3 Å². The number of nitrogens with one attached hydrogen (secondary N) is 1. The summed E-state index contributed by atoms with van der Waals surface area (Å²) in [6, 6.07) is 10.1. The van der Waals surface area contributed by atoms with E-state index >= 15 is 0 Å². The molecule has 0 fully saturated rings. The summed E-state index contributed by atoms with van der Waals surface area (Å²) in [5.74, 6) is 0. The van der Waals surface area contributed by atoms with Gasteiger partial charge >= 0.3 is 0 Å². The Morgan fingerprint density at radius 3 is 2.93 bits per heavy atom. The number of nitrogens with zero attached hydrogens (tertiary/aromatic N) is 2. The summed E-state index contributed by atoms with van der Waals surface area (Å²) in [7, 11) is 0. The van der Waals surface area contributed by atoms with Crippen LogP contribution in [0.5, 0.6) is 0 Å². The van der Waals surface area contributed by atoms with Crippen LogP contribution in [0.3, 0.4) is 0 Å². The van der Waals surface area contributed by atoms with Crippen LogP contribution in [0.15, 0.2) is 48.9 Å². The molecule has 15 heavy (non-hydrogen) atoms. The number of fused-ring (bicyclic) bond motifs is 1. The lowest BCUT2D eigenvalue weighted by atomic mass is 10.0. The van der Waals surface area contributed by atoms with E-state index in [0.717, 1.165) is 22.0 Å². The zero-order valence-electron chi connectivity index (χ0n) is 8.01. The summed E-state index contributed by atoms with van der Waals surface area (Å²) >= 11 is 0. The standard InChI is InChI=1S/C12H9N3/c1-3-10(9-7-14-15-8-9)11-4-2-6-13-12(11)5-1/h1-8H,(H,14,15). The Kier molecular flexibility index (Phi) is 1.75. The Balaban J connectivity index is 2.36. The van der Waals surface area contributed by atoms with Crippen LogP contribution in [0, 0.1) is 0 Å². The van der Waals surface area contributed by atoms with Crippen LogP contribution in [0.2, 0.25) is 0 Å². The molecule has 0 aliphatic heterocycles. The second-order valence-corrected chi connectivity index (χ2v) is 3.36. The molecule has 3 heteroatoms. The lowest BCUT2D eigenvalue weighted by Gasteiger charge is -2.02. The quantitative estimate of drug-likeness (QED) is 0.648. The topological polar surface area (TPSA) is 41.6 Å². The SMILES string of the molecule is c1cc(-c2cn[nH]c2)c2cccnc2c1. The molecular formula is C12H9N3. The Morgan fingerprint density at radius 1 is 1.07 bits per heavy atom. The second kappa shape index (κ2) is 3.20. The summed E-state index contributed by atoms with van der Waals surface area (Å²) < 4.78 is 0. The molecular weight excluding hydrogens is 186 g/mol. The Bertz CT molecular complexity index is 579. The summed E-state index contributed by atoms with van der Waals surface area (Å²) in [5.41, 5.74) is 3.26. The third-order valence-corrected chi connectivity index (χ3v) is 2.45. The fraction of sp³-hybridized carbons (Fsp3) is 0. The van der Waals surface area contributed by atoms with Gasteiger partial charge in [-0.1, -0.05) is 18.2 Å². The van der Waals surface area contributed by atoms with Crippen molar-refractivity contribution >= 4 is 10.9 Å². The number of hydrogen-bond donors (Lipinski definition) is 1. The van der Waals surface area contributed by atoms with E-state index in [1.165, 1.54) is 0 Å². The predicted octanol–water partition coefficient (Wildman–Crippen LogP) is 2.62. The van der Waals surface area contributed by atoms with Gasteiger partial charge in [-0.05, 0) is 17.7 Å². The van der Waals surface area contributed by atoms with E-state index in [1.54, 1.807) is 0 Å². The van der Waals surface area contributed by atoms with E-state index in [0.29, 0.717) is 0 Å². The molecule has 1 aromatic carbocycles. The van der Waals surface area contributed by atoms with Crippen LogP contribution in [-0.4, -0.2) is 15.2 Å². The molecule has 3 rings (SSSR count). The van der Waals surface area contributed by atoms with Crippen LogP contribution in [0.25, 0.3) is 22.0 Å². The monoisotopic (exact) mass is 195 g/mol. The molecule has 0 atom stereocenters. The number of hydrogen-bond acceptors (Lipinski definition) is 2. The molecule has 0 radical (unpaired) electrons. The van der Waals surface area contributed by atoms with E-state index in [-0.39, 0.29) is 0 Å². The number of rotatable bonds is 1. The first-order chi connectivity index (χ1) is 7.45. The van der Waals surface area contributed by atoms with Crippen molar-refractivity contribution in [2.75, 3.05) is 0 Å². The highest BCUT2D eigenvalue weighted by molar-refractivity contribution is 5.94. The highest BCUT2D eigenvalue weighted by Crippen LogP contribution is 2.26. The molecule has 0 aliphatic carbocycles. The zero-order valence-corrected chi connectivity index (χ0v) is 8.01. The minimum Gasteiger partial charge on any atom is -0.285 e. The Labute approximate surface area is 86.8 Å². The first-order valence-corrected chi connectivity index (χ1v) is 4.78. The van der Waals surface area contributed by atoms with Gasteiger partial charge in [0.2, 0.25) is 0 Å². The van der Waals surface area contributed by atoms with Crippen molar-refractivity contribution in [2.45, 2.75) is 0 Å². The van der Waals surface area contributed by atoms with Gasteiger partial charge in [0.05, 0.1) is 11.7 Å². The maximum absolute atomic E-state index is 4.32. The van der Waals surface area contributed by atoms with E-state index in [1.807, 2.05) is 36.8 Å². The van der Waals surface area contributed by atoms with Gasteiger partial charge in [-0.15, -0.1) is 0 Å². The number of aromatic nitrogens is 3. The van der Waals surface area contributed by atoms with Crippen LogP contribution in [-0.2, 0) is 0 Å². The highest BCUT2D eigenvalue weighted by Gasteiger charge is 2.03. The zero-order chi connectivity index (χ0) is 10.1. The molecule has 0 bridgehead atoms. The third-order valence-electron chi connectivity index (χ3n) is 2.45. The molecule has 2 heterocycles. The highest BCUT2D eigenvalue weighted by atomic mass is 15.1. The molecule has 1 N–H and O–H groups in total. The van der Waals surface area contributed by atoms with Crippen molar-refractivity contribution in [3.63, 3.8) is 0 Å². The van der Waals surface area contributed by atoms with Crippen molar-refractivity contribution in [1.82, 2.24) is 15.2 Å². The smallest absolute Gasteiger partial charge is 0.0708 e. The van der Waals surface area contributed by atoms with Crippen LogP contribution >= 0.6 is 0 Å². The van der Waals surface area contributed by atoms with Gasteiger partial charge in [-0.3, -0.25) is 10.1 Å². The molecule has 3 aromatic rings. The average Bonchev–Trinajstić information content (AvgIpc) is 2.82. The fourth-order valence-corrected chi connectivity index (χ4v) is 1.75. The number of aromatic amines is 1. The van der Waals surface area contributed by atoms with Gasteiger partial charge in [-0.25, -0.2) is 0 Å². The van der Waals surface area contributed by atoms with E-state index < -0.39 is 0 Å². The van der Waals surface area contributed by atoms with Gasteiger partial charge in [0.1, 0.15) is 0 Å². The van der Waals surface area contributed by atoms with Gasteiger partial charge < -0.3 is 0 Å². The minimum atomic E-state index is 1.01. The molecule has 0 saturated carbocycles. The largest absolute Gasteiger partial charge is 0.285 e. The van der Waals surface area contributed by atoms with E-state index in [9.17, 15) is 0 Å².